The molecule has 0 bridgehead atoms. The Balaban J connectivity index is 1.69. The minimum atomic E-state index is 0.00725. The van der Waals surface area contributed by atoms with E-state index in [1.165, 1.54) is 0 Å². The Morgan fingerprint density at radius 3 is 2.32 bits per heavy atom. The lowest BCUT2D eigenvalue weighted by Crippen LogP contribution is -2.48. The Morgan fingerprint density at radius 2 is 1.68 bits per heavy atom. The van der Waals surface area contributed by atoms with Gasteiger partial charge in [-0.3, -0.25) is 4.79 Å². The van der Waals surface area contributed by atoms with Gasteiger partial charge in [0.05, 0.1) is 12.2 Å². The highest BCUT2D eigenvalue weighted by Gasteiger charge is 2.24. The van der Waals surface area contributed by atoms with Crippen molar-refractivity contribution in [2.45, 2.75) is 6.92 Å². The number of anilines is 1. The van der Waals surface area contributed by atoms with Gasteiger partial charge in [-0.1, -0.05) is 35.3 Å². The van der Waals surface area contributed by atoms with Gasteiger partial charge >= 0.3 is 0 Å². The van der Waals surface area contributed by atoms with Crippen molar-refractivity contribution in [1.82, 2.24) is 4.90 Å². The maximum Gasteiger partial charge on any atom is 0.257 e. The molecule has 0 unspecified atom stereocenters. The van der Waals surface area contributed by atoms with Crippen LogP contribution in [-0.4, -0.2) is 43.6 Å². The largest absolute Gasteiger partial charge is 0.493 e. The molecule has 2 aromatic rings. The minimum Gasteiger partial charge on any atom is -0.493 e. The number of halogens is 2. The first-order valence-corrected chi connectivity index (χ1v) is 9.06. The highest BCUT2D eigenvalue weighted by Crippen LogP contribution is 2.27. The molecular weight excluding hydrogens is 359 g/mol. The van der Waals surface area contributed by atoms with E-state index in [4.69, 9.17) is 27.9 Å². The molecule has 1 aliphatic heterocycles. The van der Waals surface area contributed by atoms with Crippen molar-refractivity contribution in [2.75, 3.05) is 37.7 Å². The number of nitrogens with zero attached hydrogens (tertiary/aromatic N) is 2. The average molecular weight is 379 g/mol. The van der Waals surface area contributed by atoms with Gasteiger partial charge in [-0.25, -0.2) is 0 Å². The second-order valence-corrected chi connectivity index (χ2v) is 6.71. The van der Waals surface area contributed by atoms with E-state index in [0.717, 1.165) is 18.8 Å². The van der Waals surface area contributed by atoms with Crippen LogP contribution in [0.2, 0.25) is 10.0 Å². The fourth-order valence-electron chi connectivity index (χ4n) is 2.98. The molecule has 2 aromatic carbocycles. The average Bonchev–Trinajstić information content (AvgIpc) is 2.61. The number of hydrogen-bond acceptors (Lipinski definition) is 3. The summed E-state index contributed by atoms with van der Waals surface area (Å²) in [4.78, 5) is 16.9. The third-order valence-electron chi connectivity index (χ3n) is 4.20. The Bertz CT molecular complexity index is 739. The third-order valence-corrected chi connectivity index (χ3v) is 4.63. The van der Waals surface area contributed by atoms with Gasteiger partial charge in [-0.2, -0.15) is 0 Å². The summed E-state index contributed by atoms with van der Waals surface area (Å²) in [5.74, 6) is 0.645. The number of carbonyl (C=O) groups is 1. The fraction of sp³-hybridized carbons (Fsp3) is 0.316. The zero-order valence-corrected chi connectivity index (χ0v) is 15.6. The van der Waals surface area contributed by atoms with Crippen molar-refractivity contribution in [1.29, 1.82) is 0 Å². The minimum absolute atomic E-state index is 0.00725. The van der Waals surface area contributed by atoms with Gasteiger partial charge in [0, 0.05) is 41.9 Å². The third kappa shape index (κ3) is 4.20. The van der Waals surface area contributed by atoms with Crippen LogP contribution >= 0.6 is 23.2 Å². The van der Waals surface area contributed by atoms with E-state index in [1.54, 1.807) is 6.07 Å². The highest BCUT2D eigenvalue weighted by atomic mass is 35.5. The van der Waals surface area contributed by atoms with Gasteiger partial charge in [0.15, 0.2) is 0 Å². The Kier molecular flexibility index (Phi) is 5.71. The molecule has 0 atom stereocenters. The summed E-state index contributed by atoms with van der Waals surface area (Å²) in [6, 6.07) is 12.9. The number of benzene rings is 2. The molecular formula is C19H20Cl2N2O2. The number of amides is 1. The molecule has 0 radical (unpaired) electrons. The molecule has 0 saturated carbocycles. The quantitative estimate of drug-likeness (QED) is 0.792. The molecule has 1 fully saturated rings. The monoisotopic (exact) mass is 378 g/mol. The summed E-state index contributed by atoms with van der Waals surface area (Å²) in [7, 11) is 0. The highest BCUT2D eigenvalue weighted by molar-refractivity contribution is 6.35. The molecule has 0 N–H and O–H groups in total. The summed E-state index contributed by atoms with van der Waals surface area (Å²) in [6.45, 7) is 5.20. The zero-order chi connectivity index (χ0) is 17.8. The van der Waals surface area contributed by atoms with Crippen LogP contribution in [0.4, 0.5) is 5.69 Å². The lowest BCUT2D eigenvalue weighted by molar-refractivity contribution is 0.0742. The maximum absolute atomic E-state index is 12.8. The van der Waals surface area contributed by atoms with Crippen LogP contribution in [0.3, 0.4) is 0 Å². The number of para-hydroxylation sites is 1. The van der Waals surface area contributed by atoms with E-state index in [1.807, 2.05) is 48.2 Å². The SMILES string of the molecule is CCOc1ccccc1C(=O)N1CCN(c2cc(Cl)cc(Cl)c2)CC1. The van der Waals surface area contributed by atoms with Crippen LogP contribution in [-0.2, 0) is 0 Å². The van der Waals surface area contributed by atoms with Crippen molar-refractivity contribution in [3.63, 3.8) is 0 Å². The Labute approximate surface area is 157 Å². The second kappa shape index (κ2) is 7.98. The van der Waals surface area contributed by atoms with Crippen LogP contribution in [0, 0.1) is 0 Å². The molecule has 1 saturated heterocycles. The number of carbonyl (C=O) groups excluding carboxylic acids is 1. The summed E-state index contributed by atoms with van der Waals surface area (Å²) < 4.78 is 5.58. The molecule has 0 aromatic heterocycles. The van der Waals surface area contributed by atoms with E-state index in [-0.39, 0.29) is 5.91 Å². The number of ether oxygens (including phenoxy) is 1. The van der Waals surface area contributed by atoms with Crippen LogP contribution < -0.4 is 9.64 Å². The molecule has 1 amide bonds. The van der Waals surface area contributed by atoms with Crippen LogP contribution in [0.25, 0.3) is 0 Å². The standard InChI is InChI=1S/C19H20Cl2N2O2/c1-2-25-18-6-4-3-5-17(18)19(24)23-9-7-22(8-10-23)16-12-14(20)11-15(21)13-16/h3-6,11-13H,2,7-10H2,1H3. The molecule has 25 heavy (non-hydrogen) atoms. The van der Waals surface area contributed by atoms with Gasteiger partial charge < -0.3 is 14.5 Å². The Morgan fingerprint density at radius 1 is 1.04 bits per heavy atom. The van der Waals surface area contributed by atoms with E-state index in [9.17, 15) is 4.79 Å². The van der Waals surface area contributed by atoms with E-state index >= 15 is 0 Å². The van der Waals surface area contributed by atoms with Gasteiger partial charge in [0.2, 0.25) is 0 Å². The summed E-state index contributed by atoms with van der Waals surface area (Å²) in [5, 5.41) is 1.23. The molecule has 0 spiro atoms. The lowest BCUT2D eigenvalue weighted by atomic mass is 10.1. The number of rotatable bonds is 4. The fourth-order valence-corrected chi connectivity index (χ4v) is 3.50. The smallest absolute Gasteiger partial charge is 0.257 e. The number of hydrogen-bond donors (Lipinski definition) is 0. The first kappa shape index (κ1) is 17.9. The zero-order valence-electron chi connectivity index (χ0n) is 14.0. The van der Waals surface area contributed by atoms with Crippen LogP contribution in [0.15, 0.2) is 42.5 Å². The lowest BCUT2D eigenvalue weighted by Gasteiger charge is -2.36. The van der Waals surface area contributed by atoms with E-state index in [2.05, 4.69) is 4.90 Å². The van der Waals surface area contributed by atoms with Gasteiger partial charge in [-0.05, 0) is 37.3 Å². The van der Waals surface area contributed by atoms with Crippen molar-refractivity contribution in [2.24, 2.45) is 0 Å². The summed E-state index contributed by atoms with van der Waals surface area (Å²) >= 11 is 12.2. The topological polar surface area (TPSA) is 32.8 Å². The molecule has 132 valence electrons. The van der Waals surface area contributed by atoms with Crippen molar-refractivity contribution >= 4 is 34.8 Å². The predicted octanol–water partition coefficient (Wildman–Crippen LogP) is 4.35. The summed E-state index contributed by atoms with van der Waals surface area (Å²) in [5.41, 5.74) is 1.60. The maximum atomic E-state index is 12.8. The second-order valence-electron chi connectivity index (χ2n) is 5.84. The molecule has 3 rings (SSSR count). The van der Waals surface area contributed by atoms with Crippen molar-refractivity contribution in [3.05, 3.63) is 58.1 Å². The molecule has 0 aliphatic carbocycles. The van der Waals surface area contributed by atoms with Crippen LogP contribution in [0.5, 0.6) is 5.75 Å². The summed E-state index contributed by atoms with van der Waals surface area (Å²) in [6.07, 6.45) is 0. The first-order valence-electron chi connectivity index (χ1n) is 8.30. The van der Waals surface area contributed by atoms with Gasteiger partial charge in [0.25, 0.3) is 5.91 Å². The van der Waals surface area contributed by atoms with E-state index < -0.39 is 0 Å². The first-order chi connectivity index (χ1) is 12.1. The van der Waals surface area contributed by atoms with Crippen molar-refractivity contribution < 1.29 is 9.53 Å². The van der Waals surface area contributed by atoms with E-state index in [0.29, 0.717) is 41.1 Å². The van der Waals surface area contributed by atoms with Gasteiger partial charge in [-0.15, -0.1) is 0 Å². The predicted molar refractivity (Wildman–Crippen MR) is 102 cm³/mol. The molecule has 1 aliphatic rings. The van der Waals surface area contributed by atoms with Crippen molar-refractivity contribution in [3.8, 4) is 5.75 Å². The Hall–Kier alpha value is -1.91. The van der Waals surface area contributed by atoms with Crippen LogP contribution in [0.1, 0.15) is 17.3 Å². The molecule has 1 heterocycles. The van der Waals surface area contributed by atoms with Gasteiger partial charge in [0.1, 0.15) is 5.75 Å². The number of piperazine rings is 1. The molecule has 6 heteroatoms. The normalized spacial score (nSPS) is 14.5. The molecule has 4 nitrogen and oxygen atoms in total.